The van der Waals surface area contributed by atoms with Gasteiger partial charge in [0.2, 0.25) is 5.95 Å². The van der Waals surface area contributed by atoms with Crippen LogP contribution in [0, 0.1) is 5.95 Å². The molecular weight excluding hydrogens is 247 g/mol. The van der Waals surface area contributed by atoms with Crippen LogP contribution in [0.2, 0.25) is 0 Å². The van der Waals surface area contributed by atoms with Crippen molar-refractivity contribution >= 4 is 11.8 Å². The van der Waals surface area contributed by atoms with Gasteiger partial charge in [-0.1, -0.05) is 0 Å². The summed E-state index contributed by atoms with van der Waals surface area (Å²) in [6.07, 6.45) is 3.00. The van der Waals surface area contributed by atoms with Crippen LogP contribution in [0.3, 0.4) is 0 Å². The van der Waals surface area contributed by atoms with Crippen LogP contribution in [0.15, 0.2) is 36.7 Å². The van der Waals surface area contributed by atoms with Crippen molar-refractivity contribution in [1.82, 2.24) is 15.3 Å². The molecule has 2 amide bonds. The molecule has 2 aromatic heterocycles. The molecule has 0 radical (unpaired) electrons. The highest BCUT2D eigenvalue weighted by atomic mass is 19.1. The molecule has 0 saturated heterocycles. The molecule has 0 aliphatic carbocycles. The lowest BCUT2D eigenvalue weighted by molar-refractivity contribution is 0.252. The van der Waals surface area contributed by atoms with Crippen LogP contribution in [0.25, 0.3) is 11.1 Å². The van der Waals surface area contributed by atoms with Crippen LogP contribution in [0.5, 0.6) is 0 Å². The van der Waals surface area contributed by atoms with Crippen molar-refractivity contribution in [3.63, 3.8) is 0 Å². The highest BCUT2D eigenvalue weighted by Crippen LogP contribution is 2.20. The Balaban J connectivity index is 2.19. The minimum Gasteiger partial charge on any atom is -0.338 e. The number of carbonyl (C=O) groups is 1. The van der Waals surface area contributed by atoms with Crippen molar-refractivity contribution in [2.75, 3.05) is 11.9 Å². The minimum absolute atomic E-state index is 0.315. The summed E-state index contributed by atoms with van der Waals surface area (Å²) in [7, 11) is 0. The molecule has 0 aromatic carbocycles. The molecule has 0 unspecified atom stereocenters. The zero-order chi connectivity index (χ0) is 13.7. The standard InChI is InChI=1S/C13H13FN4O/c1-2-15-13(19)18-12-7-9(5-6-16-12)10-3-4-11(14)17-8-10/h3-8H,2H2,1H3,(H2,15,16,18,19). The molecule has 19 heavy (non-hydrogen) atoms. The van der Waals surface area contributed by atoms with E-state index in [1.54, 1.807) is 24.4 Å². The van der Waals surface area contributed by atoms with Gasteiger partial charge in [-0.3, -0.25) is 5.32 Å². The average molecular weight is 260 g/mol. The summed E-state index contributed by atoms with van der Waals surface area (Å²) in [6.45, 7) is 2.36. The Morgan fingerprint density at radius 1 is 1.26 bits per heavy atom. The molecule has 2 heterocycles. The fourth-order valence-electron chi connectivity index (χ4n) is 1.55. The summed E-state index contributed by atoms with van der Waals surface area (Å²) in [5.41, 5.74) is 1.55. The maximum Gasteiger partial charge on any atom is 0.320 e. The number of hydrogen-bond donors (Lipinski definition) is 2. The van der Waals surface area contributed by atoms with Gasteiger partial charge in [0.05, 0.1) is 0 Å². The topological polar surface area (TPSA) is 66.9 Å². The van der Waals surface area contributed by atoms with E-state index in [2.05, 4.69) is 20.6 Å². The van der Waals surface area contributed by atoms with E-state index in [1.165, 1.54) is 12.3 Å². The lowest BCUT2D eigenvalue weighted by atomic mass is 10.1. The van der Waals surface area contributed by atoms with Crippen LogP contribution in [0.4, 0.5) is 15.0 Å². The summed E-state index contributed by atoms with van der Waals surface area (Å²) >= 11 is 0. The summed E-state index contributed by atoms with van der Waals surface area (Å²) in [5, 5.41) is 5.22. The predicted molar refractivity (Wildman–Crippen MR) is 70.1 cm³/mol. The van der Waals surface area contributed by atoms with Gasteiger partial charge in [0.25, 0.3) is 0 Å². The number of anilines is 1. The van der Waals surface area contributed by atoms with E-state index in [9.17, 15) is 9.18 Å². The number of urea groups is 1. The van der Waals surface area contributed by atoms with Crippen molar-refractivity contribution in [2.45, 2.75) is 6.92 Å². The van der Waals surface area contributed by atoms with E-state index < -0.39 is 5.95 Å². The lowest BCUT2D eigenvalue weighted by Gasteiger charge is -2.06. The van der Waals surface area contributed by atoms with Crippen LogP contribution in [-0.4, -0.2) is 22.5 Å². The Labute approximate surface area is 109 Å². The quantitative estimate of drug-likeness (QED) is 0.833. The van der Waals surface area contributed by atoms with Crippen LogP contribution >= 0.6 is 0 Å². The van der Waals surface area contributed by atoms with Crippen molar-refractivity contribution in [1.29, 1.82) is 0 Å². The zero-order valence-corrected chi connectivity index (χ0v) is 10.4. The van der Waals surface area contributed by atoms with Gasteiger partial charge in [0, 0.05) is 24.5 Å². The van der Waals surface area contributed by atoms with Gasteiger partial charge >= 0.3 is 6.03 Å². The van der Waals surface area contributed by atoms with Crippen LogP contribution in [-0.2, 0) is 0 Å². The average Bonchev–Trinajstić information content (AvgIpc) is 2.40. The van der Waals surface area contributed by atoms with Crippen LogP contribution < -0.4 is 10.6 Å². The number of carbonyl (C=O) groups excluding carboxylic acids is 1. The van der Waals surface area contributed by atoms with Gasteiger partial charge in [-0.2, -0.15) is 4.39 Å². The first-order valence-corrected chi connectivity index (χ1v) is 5.82. The van der Waals surface area contributed by atoms with Crippen molar-refractivity contribution in [3.05, 3.63) is 42.6 Å². The SMILES string of the molecule is CCNC(=O)Nc1cc(-c2ccc(F)nc2)ccn1. The summed E-state index contributed by atoms with van der Waals surface area (Å²) in [5.74, 6) is -0.105. The van der Waals surface area contributed by atoms with E-state index >= 15 is 0 Å². The lowest BCUT2D eigenvalue weighted by Crippen LogP contribution is -2.28. The van der Waals surface area contributed by atoms with Gasteiger partial charge in [-0.05, 0) is 36.8 Å². The van der Waals surface area contributed by atoms with Crippen molar-refractivity contribution in [2.24, 2.45) is 0 Å². The highest BCUT2D eigenvalue weighted by Gasteiger charge is 2.04. The maximum absolute atomic E-state index is 12.7. The van der Waals surface area contributed by atoms with Gasteiger partial charge in [0.15, 0.2) is 0 Å². The number of rotatable bonds is 3. The predicted octanol–water partition coefficient (Wildman–Crippen LogP) is 2.42. The second-order valence-electron chi connectivity index (χ2n) is 3.78. The highest BCUT2D eigenvalue weighted by molar-refractivity contribution is 5.88. The van der Waals surface area contributed by atoms with Gasteiger partial charge < -0.3 is 5.32 Å². The third kappa shape index (κ3) is 3.48. The second-order valence-corrected chi connectivity index (χ2v) is 3.78. The molecule has 0 aliphatic heterocycles. The molecule has 6 heteroatoms. The molecule has 2 N–H and O–H groups in total. The molecule has 2 aromatic rings. The largest absolute Gasteiger partial charge is 0.338 e. The third-order valence-corrected chi connectivity index (χ3v) is 2.40. The van der Waals surface area contributed by atoms with E-state index in [0.717, 1.165) is 11.1 Å². The van der Waals surface area contributed by atoms with E-state index in [4.69, 9.17) is 0 Å². The van der Waals surface area contributed by atoms with Crippen molar-refractivity contribution in [3.8, 4) is 11.1 Å². The molecule has 0 saturated carbocycles. The Bertz CT molecular complexity index is 571. The van der Waals surface area contributed by atoms with E-state index in [0.29, 0.717) is 12.4 Å². The number of nitrogens with one attached hydrogen (secondary N) is 2. The number of hydrogen-bond acceptors (Lipinski definition) is 3. The number of amides is 2. The first-order chi connectivity index (χ1) is 9.19. The number of halogens is 1. The number of pyridine rings is 2. The van der Waals surface area contributed by atoms with Gasteiger partial charge in [0.1, 0.15) is 5.82 Å². The smallest absolute Gasteiger partial charge is 0.320 e. The Kier molecular flexibility index (Phi) is 4.02. The molecule has 0 spiro atoms. The zero-order valence-electron chi connectivity index (χ0n) is 10.4. The monoisotopic (exact) mass is 260 g/mol. The van der Waals surface area contributed by atoms with Crippen molar-refractivity contribution < 1.29 is 9.18 Å². The summed E-state index contributed by atoms with van der Waals surface area (Å²) in [4.78, 5) is 19.0. The number of nitrogens with zero attached hydrogens (tertiary/aromatic N) is 2. The molecule has 0 fully saturated rings. The third-order valence-electron chi connectivity index (χ3n) is 2.40. The van der Waals surface area contributed by atoms with E-state index in [-0.39, 0.29) is 6.03 Å². The first-order valence-electron chi connectivity index (χ1n) is 5.82. The Morgan fingerprint density at radius 3 is 2.79 bits per heavy atom. The normalized spacial score (nSPS) is 10.0. The van der Waals surface area contributed by atoms with Gasteiger partial charge in [-0.25, -0.2) is 14.8 Å². The fourth-order valence-corrected chi connectivity index (χ4v) is 1.55. The molecule has 0 bridgehead atoms. The molecule has 0 atom stereocenters. The Morgan fingerprint density at radius 2 is 2.11 bits per heavy atom. The van der Waals surface area contributed by atoms with Gasteiger partial charge in [-0.15, -0.1) is 0 Å². The summed E-state index contributed by atoms with van der Waals surface area (Å²) < 4.78 is 12.7. The second kappa shape index (κ2) is 5.90. The molecule has 2 rings (SSSR count). The molecular formula is C13H13FN4O. The Hall–Kier alpha value is -2.50. The summed E-state index contributed by atoms with van der Waals surface area (Å²) in [6, 6.07) is 6.05. The van der Waals surface area contributed by atoms with E-state index in [1.807, 2.05) is 6.92 Å². The molecule has 0 aliphatic rings. The molecule has 98 valence electrons. The first kappa shape index (κ1) is 12.9. The fraction of sp³-hybridized carbons (Fsp3) is 0.154. The minimum atomic E-state index is -0.529. The van der Waals surface area contributed by atoms with Crippen LogP contribution in [0.1, 0.15) is 6.92 Å². The number of aromatic nitrogens is 2. The maximum atomic E-state index is 12.7. The molecule has 5 nitrogen and oxygen atoms in total.